The first-order chi connectivity index (χ1) is 16.5. The van der Waals surface area contributed by atoms with E-state index in [1.165, 1.54) is 22.3 Å². The molecule has 1 atom stereocenters. The van der Waals surface area contributed by atoms with E-state index >= 15 is 0 Å². The number of hydrogen-bond donors (Lipinski definition) is 0. The Bertz CT molecular complexity index is 1100. The van der Waals surface area contributed by atoms with Crippen LogP contribution in [0.1, 0.15) is 53.9 Å². The van der Waals surface area contributed by atoms with Gasteiger partial charge < -0.3 is 9.80 Å². The van der Waals surface area contributed by atoms with Gasteiger partial charge in [-0.05, 0) is 105 Å². The fourth-order valence-corrected chi connectivity index (χ4v) is 6.35. The highest BCUT2D eigenvalue weighted by atomic mass is 35.5. The molecule has 3 aromatic rings. The molecular weight excluding hydrogens is 549 g/mol. The van der Waals surface area contributed by atoms with E-state index in [9.17, 15) is 4.39 Å². The molecule has 2 nitrogen and oxygen atoms in total. The van der Waals surface area contributed by atoms with Crippen molar-refractivity contribution >= 4 is 48.8 Å². The molecule has 0 spiro atoms. The first kappa shape index (κ1) is 31.9. The summed E-state index contributed by atoms with van der Waals surface area (Å²) in [4.78, 5) is 5.08. The maximum atomic E-state index is 13.3. The van der Waals surface area contributed by atoms with Gasteiger partial charge in [-0.2, -0.15) is 0 Å². The van der Waals surface area contributed by atoms with Crippen LogP contribution in [0.15, 0.2) is 72.8 Å². The molecule has 0 radical (unpaired) electrons. The van der Waals surface area contributed by atoms with E-state index < -0.39 is 0 Å². The lowest BCUT2D eigenvalue weighted by Crippen LogP contribution is -2.45. The summed E-state index contributed by atoms with van der Waals surface area (Å²) in [6.45, 7) is 5.39. The van der Waals surface area contributed by atoms with Crippen LogP contribution < -0.4 is 0 Å². The predicted octanol–water partition coefficient (Wildman–Crippen LogP) is 8.14. The van der Waals surface area contributed by atoms with Gasteiger partial charge in [-0.15, -0.1) is 37.2 Å². The molecule has 0 bridgehead atoms. The quantitative estimate of drug-likeness (QED) is 0.288. The zero-order valence-electron chi connectivity index (χ0n) is 21.2. The Hall–Kier alpha value is -1.33. The summed E-state index contributed by atoms with van der Waals surface area (Å²) in [7, 11) is 2.24. The molecule has 1 saturated heterocycles. The number of piperidine rings is 1. The van der Waals surface area contributed by atoms with Crippen LogP contribution >= 0.6 is 48.8 Å². The predicted molar refractivity (Wildman–Crippen MR) is 161 cm³/mol. The van der Waals surface area contributed by atoms with Crippen molar-refractivity contribution in [2.75, 3.05) is 33.2 Å². The molecular formula is C30H37Cl4FN2. The lowest BCUT2D eigenvalue weighted by atomic mass is 9.67. The summed E-state index contributed by atoms with van der Waals surface area (Å²) in [6.07, 6.45) is 4.58. The second kappa shape index (κ2) is 14.2. The largest absolute Gasteiger partial charge is 0.303 e. The average Bonchev–Trinajstić information content (AvgIpc) is 2.85. The normalized spacial score (nSPS) is 20.2. The van der Waals surface area contributed by atoms with Gasteiger partial charge in [-0.1, -0.05) is 60.1 Å². The Morgan fingerprint density at radius 3 is 2.22 bits per heavy atom. The van der Waals surface area contributed by atoms with Crippen molar-refractivity contribution in [2.45, 2.75) is 43.6 Å². The Kier molecular flexibility index (Phi) is 12.2. The first-order valence-electron chi connectivity index (χ1n) is 12.5. The van der Waals surface area contributed by atoms with E-state index in [0.717, 1.165) is 63.4 Å². The maximum absolute atomic E-state index is 13.3. The smallest absolute Gasteiger partial charge is 0.123 e. The van der Waals surface area contributed by atoms with Gasteiger partial charge in [0, 0.05) is 23.5 Å². The Labute approximate surface area is 244 Å². The van der Waals surface area contributed by atoms with Crippen LogP contribution in [-0.2, 0) is 12.0 Å². The van der Waals surface area contributed by atoms with E-state index in [2.05, 4.69) is 53.2 Å². The third-order valence-electron chi connectivity index (χ3n) is 7.92. The highest BCUT2D eigenvalue weighted by molar-refractivity contribution is 6.30. The average molecular weight is 586 g/mol. The van der Waals surface area contributed by atoms with E-state index in [-0.39, 0.29) is 48.5 Å². The van der Waals surface area contributed by atoms with Crippen LogP contribution in [0.2, 0.25) is 5.02 Å². The highest BCUT2D eigenvalue weighted by Crippen LogP contribution is 2.43. The van der Waals surface area contributed by atoms with Gasteiger partial charge in [0.2, 0.25) is 0 Å². The Balaban J connectivity index is 0.00000160. The number of hydrogen-bond acceptors (Lipinski definition) is 2. The molecule has 7 heteroatoms. The van der Waals surface area contributed by atoms with E-state index in [0.29, 0.717) is 5.92 Å². The molecule has 2 aliphatic heterocycles. The van der Waals surface area contributed by atoms with Gasteiger partial charge >= 0.3 is 0 Å². The summed E-state index contributed by atoms with van der Waals surface area (Å²) in [5.74, 6) is 0.405. The molecule has 1 unspecified atom stereocenters. The van der Waals surface area contributed by atoms with Crippen molar-refractivity contribution in [2.24, 2.45) is 0 Å². The summed E-state index contributed by atoms with van der Waals surface area (Å²) in [6, 6.07) is 24.6. The molecule has 5 rings (SSSR count). The molecule has 37 heavy (non-hydrogen) atoms. The molecule has 2 heterocycles. The first-order valence-corrected chi connectivity index (χ1v) is 12.9. The minimum absolute atomic E-state index is 0. The molecule has 202 valence electrons. The number of rotatable bonds is 6. The number of benzene rings is 3. The fourth-order valence-electron chi connectivity index (χ4n) is 6.22. The van der Waals surface area contributed by atoms with Crippen LogP contribution in [0.5, 0.6) is 0 Å². The van der Waals surface area contributed by atoms with Crippen molar-refractivity contribution in [3.8, 4) is 0 Å². The highest BCUT2D eigenvalue weighted by Gasteiger charge is 2.39. The van der Waals surface area contributed by atoms with Gasteiger partial charge in [0.1, 0.15) is 5.82 Å². The lowest BCUT2D eigenvalue weighted by Gasteiger charge is -2.44. The van der Waals surface area contributed by atoms with Gasteiger partial charge in [-0.3, -0.25) is 0 Å². The van der Waals surface area contributed by atoms with Gasteiger partial charge in [0.05, 0.1) is 0 Å². The Morgan fingerprint density at radius 2 is 1.54 bits per heavy atom. The van der Waals surface area contributed by atoms with E-state index in [1.807, 2.05) is 24.3 Å². The monoisotopic (exact) mass is 584 g/mol. The number of nitrogens with zero attached hydrogens (tertiary/aromatic N) is 2. The maximum Gasteiger partial charge on any atom is 0.123 e. The molecule has 2 aliphatic rings. The Morgan fingerprint density at radius 1 is 0.892 bits per heavy atom. The molecule has 1 fully saturated rings. The number of halogens is 5. The van der Waals surface area contributed by atoms with E-state index in [4.69, 9.17) is 11.6 Å². The molecule has 0 aromatic heterocycles. The van der Waals surface area contributed by atoms with E-state index in [1.54, 1.807) is 12.1 Å². The molecule has 0 saturated carbocycles. The second-order valence-electron chi connectivity index (χ2n) is 10.2. The van der Waals surface area contributed by atoms with Crippen LogP contribution in [0.3, 0.4) is 0 Å². The minimum Gasteiger partial charge on any atom is -0.303 e. The summed E-state index contributed by atoms with van der Waals surface area (Å²) in [5.41, 5.74) is 5.55. The van der Waals surface area contributed by atoms with Crippen molar-refractivity contribution in [3.63, 3.8) is 0 Å². The molecule has 3 aromatic carbocycles. The number of likely N-dealkylation sites (N-methyl/N-ethyl adjacent to an activating group) is 1. The lowest BCUT2D eigenvalue weighted by molar-refractivity contribution is 0.189. The van der Waals surface area contributed by atoms with Crippen LogP contribution in [0.4, 0.5) is 4.39 Å². The van der Waals surface area contributed by atoms with Crippen LogP contribution in [0, 0.1) is 5.82 Å². The van der Waals surface area contributed by atoms with Crippen molar-refractivity contribution < 1.29 is 4.39 Å². The second-order valence-corrected chi connectivity index (χ2v) is 10.6. The summed E-state index contributed by atoms with van der Waals surface area (Å²) >= 11 is 6.26. The van der Waals surface area contributed by atoms with Crippen LogP contribution in [0.25, 0.3) is 0 Å². The molecule has 0 aliphatic carbocycles. The summed E-state index contributed by atoms with van der Waals surface area (Å²) in [5, 5.41) is 0.792. The number of fused-ring (bicyclic) bond motifs is 1. The van der Waals surface area contributed by atoms with Crippen molar-refractivity contribution in [1.82, 2.24) is 9.80 Å². The fraction of sp³-hybridized carbons (Fsp3) is 0.400. The third-order valence-corrected chi connectivity index (χ3v) is 8.17. The molecule has 0 amide bonds. The standard InChI is InChI=1S/C30H34ClFN2.3ClH/c1-33-21-25-5-2-3-6-29(25)30(22-33,26-9-11-27(31)12-10-26)17-4-18-34-19-15-24(16-20-34)23-7-13-28(32)14-8-23;;;/h2-3,5-14,24H,4,15-22H2,1H3;3*1H. The minimum atomic E-state index is -0.147. The zero-order chi connectivity index (χ0) is 23.5. The van der Waals surface area contributed by atoms with Crippen molar-refractivity contribution in [1.29, 1.82) is 0 Å². The zero-order valence-corrected chi connectivity index (χ0v) is 24.5. The van der Waals surface area contributed by atoms with Gasteiger partial charge in [0.25, 0.3) is 0 Å². The number of likely N-dealkylation sites (tertiary alicyclic amines) is 1. The van der Waals surface area contributed by atoms with Crippen molar-refractivity contribution in [3.05, 3.63) is 106 Å². The topological polar surface area (TPSA) is 6.48 Å². The van der Waals surface area contributed by atoms with Gasteiger partial charge in [-0.25, -0.2) is 4.39 Å². The molecule has 0 N–H and O–H groups in total. The van der Waals surface area contributed by atoms with Crippen LogP contribution in [-0.4, -0.2) is 43.0 Å². The SMILES string of the molecule is CN1Cc2ccccc2C(CCCN2CCC(c3ccc(F)cc3)CC2)(c2ccc(Cl)cc2)C1.Cl.Cl.Cl. The summed E-state index contributed by atoms with van der Waals surface area (Å²) < 4.78 is 13.3. The third kappa shape index (κ3) is 7.20. The van der Waals surface area contributed by atoms with Gasteiger partial charge in [0.15, 0.2) is 0 Å².